The molecule has 32 heavy (non-hydrogen) atoms. The number of rotatable bonds is 4. The van der Waals surface area contributed by atoms with Crippen molar-refractivity contribution in [3.63, 3.8) is 0 Å². The number of nitrogens with zero attached hydrogens (tertiary/aromatic N) is 1. The van der Waals surface area contributed by atoms with Crippen molar-refractivity contribution in [1.29, 1.82) is 0 Å². The Morgan fingerprint density at radius 3 is 2.06 bits per heavy atom. The highest BCUT2D eigenvalue weighted by Crippen LogP contribution is 2.37. The van der Waals surface area contributed by atoms with Crippen LogP contribution in [0.2, 0.25) is 5.02 Å². The van der Waals surface area contributed by atoms with Gasteiger partial charge in [0.25, 0.3) is 11.8 Å². The Hall–Kier alpha value is -3.37. The van der Waals surface area contributed by atoms with Gasteiger partial charge in [-0.05, 0) is 86.7 Å². The van der Waals surface area contributed by atoms with Crippen molar-refractivity contribution in [2.24, 2.45) is 0 Å². The van der Waals surface area contributed by atoms with E-state index in [-0.39, 0.29) is 11.6 Å². The van der Waals surface area contributed by atoms with Gasteiger partial charge in [-0.2, -0.15) is 0 Å². The highest BCUT2D eigenvalue weighted by atomic mass is 35.5. The summed E-state index contributed by atoms with van der Waals surface area (Å²) >= 11 is 6.21. The van der Waals surface area contributed by atoms with E-state index in [0.29, 0.717) is 16.3 Å². The molecule has 0 atom stereocenters. The van der Waals surface area contributed by atoms with E-state index in [9.17, 15) is 9.59 Å². The molecule has 0 aliphatic carbocycles. The number of benzene rings is 3. The summed E-state index contributed by atoms with van der Waals surface area (Å²) in [7, 11) is 0. The van der Waals surface area contributed by atoms with Crippen molar-refractivity contribution < 1.29 is 9.59 Å². The summed E-state index contributed by atoms with van der Waals surface area (Å²) < 4.78 is 0. The summed E-state index contributed by atoms with van der Waals surface area (Å²) in [6.45, 7) is 9.82. The van der Waals surface area contributed by atoms with E-state index < -0.39 is 5.91 Å². The molecule has 0 saturated heterocycles. The van der Waals surface area contributed by atoms with Crippen molar-refractivity contribution in [3.8, 4) is 0 Å². The van der Waals surface area contributed by atoms with Gasteiger partial charge in [-0.15, -0.1) is 0 Å². The third kappa shape index (κ3) is 3.94. The first kappa shape index (κ1) is 21.8. The number of imide groups is 1. The molecular formula is C27H25ClN2O2. The minimum Gasteiger partial charge on any atom is -0.350 e. The van der Waals surface area contributed by atoms with Gasteiger partial charge in [0.15, 0.2) is 0 Å². The largest absolute Gasteiger partial charge is 0.350 e. The number of carbonyl (C=O) groups excluding carboxylic acids is 2. The van der Waals surface area contributed by atoms with Crippen LogP contribution in [0.3, 0.4) is 0 Å². The average Bonchev–Trinajstić information content (AvgIpc) is 2.93. The third-order valence-corrected chi connectivity index (χ3v) is 5.87. The van der Waals surface area contributed by atoms with E-state index in [1.807, 2.05) is 71.0 Å². The summed E-state index contributed by atoms with van der Waals surface area (Å²) in [4.78, 5) is 28.6. The van der Waals surface area contributed by atoms with Crippen molar-refractivity contribution >= 4 is 40.4 Å². The van der Waals surface area contributed by atoms with E-state index in [4.69, 9.17) is 11.6 Å². The van der Waals surface area contributed by atoms with Gasteiger partial charge in [0, 0.05) is 10.7 Å². The van der Waals surface area contributed by atoms with Crippen LogP contribution in [-0.2, 0) is 9.59 Å². The molecule has 0 spiro atoms. The van der Waals surface area contributed by atoms with Gasteiger partial charge in [0.2, 0.25) is 0 Å². The summed E-state index contributed by atoms with van der Waals surface area (Å²) in [5, 5.41) is 3.73. The second-order valence-corrected chi connectivity index (χ2v) is 8.88. The molecule has 1 heterocycles. The SMILES string of the molecule is Cc1cc(C)cc(NC2=C(c3ccc(C)cc3C)C(=O)N(c3cc(Cl)ccc3C)C2=O)c1. The fourth-order valence-corrected chi connectivity index (χ4v) is 4.39. The van der Waals surface area contributed by atoms with E-state index in [0.717, 1.165) is 39.1 Å². The lowest BCUT2D eigenvalue weighted by molar-refractivity contribution is -0.120. The second-order valence-electron chi connectivity index (χ2n) is 8.45. The number of hydrogen-bond acceptors (Lipinski definition) is 3. The first-order valence-corrected chi connectivity index (χ1v) is 10.9. The molecule has 1 N–H and O–H groups in total. The van der Waals surface area contributed by atoms with Crippen molar-refractivity contribution in [2.75, 3.05) is 10.2 Å². The molecule has 0 unspecified atom stereocenters. The average molecular weight is 445 g/mol. The molecule has 3 aromatic carbocycles. The van der Waals surface area contributed by atoms with Gasteiger partial charge in [-0.25, -0.2) is 4.90 Å². The Bertz CT molecular complexity index is 1290. The number of carbonyl (C=O) groups is 2. The Morgan fingerprint density at radius 2 is 1.41 bits per heavy atom. The maximum Gasteiger partial charge on any atom is 0.282 e. The Kier molecular flexibility index (Phi) is 5.66. The predicted molar refractivity (Wildman–Crippen MR) is 131 cm³/mol. The minimum absolute atomic E-state index is 0.270. The summed E-state index contributed by atoms with van der Waals surface area (Å²) in [6.07, 6.45) is 0. The Balaban J connectivity index is 1.90. The monoisotopic (exact) mass is 444 g/mol. The fraction of sp³-hybridized carbons (Fsp3) is 0.185. The van der Waals surface area contributed by atoms with Gasteiger partial charge in [0.1, 0.15) is 5.70 Å². The van der Waals surface area contributed by atoms with Crippen molar-refractivity contribution in [2.45, 2.75) is 34.6 Å². The first-order chi connectivity index (χ1) is 15.2. The third-order valence-electron chi connectivity index (χ3n) is 5.64. The molecule has 2 amide bonds. The van der Waals surface area contributed by atoms with E-state index in [1.165, 1.54) is 4.90 Å². The Morgan fingerprint density at radius 1 is 0.719 bits per heavy atom. The maximum atomic E-state index is 13.7. The summed E-state index contributed by atoms with van der Waals surface area (Å²) in [5.41, 5.74) is 7.60. The molecule has 4 rings (SSSR count). The molecule has 1 aliphatic heterocycles. The van der Waals surface area contributed by atoms with Gasteiger partial charge < -0.3 is 5.32 Å². The van der Waals surface area contributed by atoms with Gasteiger partial charge >= 0.3 is 0 Å². The number of aryl methyl sites for hydroxylation is 5. The Labute approximate surface area is 193 Å². The molecule has 162 valence electrons. The smallest absolute Gasteiger partial charge is 0.282 e. The summed E-state index contributed by atoms with van der Waals surface area (Å²) in [5.74, 6) is -0.756. The molecule has 0 aromatic heterocycles. The van der Waals surface area contributed by atoms with E-state index in [1.54, 1.807) is 12.1 Å². The minimum atomic E-state index is -0.394. The number of halogens is 1. The van der Waals surface area contributed by atoms with Crippen LogP contribution in [0.5, 0.6) is 0 Å². The molecule has 5 heteroatoms. The van der Waals surface area contributed by atoms with Crippen LogP contribution in [0, 0.1) is 34.6 Å². The molecule has 1 aliphatic rings. The zero-order valence-corrected chi connectivity index (χ0v) is 19.6. The normalized spacial score (nSPS) is 13.9. The van der Waals surface area contributed by atoms with Crippen LogP contribution < -0.4 is 10.2 Å². The first-order valence-electron chi connectivity index (χ1n) is 10.5. The number of hydrogen-bond donors (Lipinski definition) is 1. The lowest BCUT2D eigenvalue weighted by Crippen LogP contribution is -2.33. The zero-order chi connectivity index (χ0) is 23.2. The van der Waals surface area contributed by atoms with Gasteiger partial charge in [-0.3, -0.25) is 9.59 Å². The van der Waals surface area contributed by atoms with Crippen LogP contribution in [0.1, 0.15) is 33.4 Å². The van der Waals surface area contributed by atoms with Gasteiger partial charge in [-0.1, -0.05) is 47.5 Å². The fourth-order valence-electron chi connectivity index (χ4n) is 4.22. The molecule has 4 nitrogen and oxygen atoms in total. The highest BCUT2D eigenvalue weighted by Gasteiger charge is 2.41. The van der Waals surface area contributed by atoms with Gasteiger partial charge in [0.05, 0.1) is 11.3 Å². The second kappa shape index (κ2) is 8.29. The van der Waals surface area contributed by atoms with Crippen LogP contribution in [0.4, 0.5) is 11.4 Å². The maximum absolute atomic E-state index is 13.7. The number of anilines is 2. The topological polar surface area (TPSA) is 49.4 Å². The highest BCUT2D eigenvalue weighted by molar-refractivity contribution is 6.46. The van der Waals surface area contributed by atoms with E-state index >= 15 is 0 Å². The van der Waals surface area contributed by atoms with Crippen LogP contribution >= 0.6 is 11.6 Å². The molecule has 0 fully saturated rings. The number of amides is 2. The lowest BCUT2D eigenvalue weighted by atomic mass is 9.97. The molecule has 0 radical (unpaired) electrons. The lowest BCUT2D eigenvalue weighted by Gasteiger charge is -2.18. The van der Waals surface area contributed by atoms with Crippen LogP contribution in [0.15, 0.2) is 60.3 Å². The van der Waals surface area contributed by atoms with Crippen molar-refractivity contribution in [3.05, 3.63) is 98.7 Å². The number of nitrogens with one attached hydrogen (secondary N) is 1. The predicted octanol–water partition coefficient (Wildman–Crippen LogP) is 6.28. The molecular weight excluding hydrogens is 420 g/mol. The van der Waals surface area contributed by atoms with Crippen LogP contribution in [0.25, 0.3) is 5.57 Å². The summed E-state index contributed by atoms with van der Waals surface area (Å²) in [6, 6.07) is 17.1. The van der Waals surface area contributed by atoms with E-state index in [2.05, 4.69) is 11.4 Å². The molecule has 0 saturated carbocycles. The molecule has 0 bridgehead atoms. The molecule has 3 aromatic rings. The van der Waals surface area contributed by atoms with Crippen LogP contribution in [-0.4, -0.2) is 11.8 Å². The quantitative estimate of drug-likeness (QED) is 0.482. The zero-order valence-electron chi connectivity index (χ0n) is 18.8. The van der Waals surface area contributed by atoms with Crippen molar-refractivity contribution in [1.82, 2.24) is 0 Å². The standard InChI is InChI=1S/C27H25ClN2O2/c1-15-6-9-22(19(5)11-15)24-25(29-21-12-16(2)10-17(3)13-21)27(32)30(26(24)31)23-14-20(28)8-7-18(23)4/h6-14,29H,1-5H3.